The molecule has 0 saturated heterocycles. The minimum atomic E-state index is -0.314. The van der Waals surface area contributed by atoms with E-state index in [-0.39, 0.29) is 11.8 Å². The molecule has 3 nitrogen and oxygen atoms in total. The van der Waals surface area contributed by atoms with Gasteiger partial charge in [-0.1, -0.05) is 36.0 Å². The second kappa shape index (κ2) is 4.31. The van der Waals surface area contributed by atoms with E-state index in [0.29, 0.717) is 11.1 Å². The van der Waals surface area contributed by atoms with Gasteiger partial charge in [0.2, 0.25) is 0 Å². The second-order valence-electron chi connectivity index (χ2n) is 3.88. The number of carbonyl (C=O) groups is 2. The van der Waals surface area contributed by atoms with Gasteiger partial charge in [-0.15, -0.1) is 0 Å². The highest BCUT2D eigenvalue weighted by Crippen LogP contribution is 2.33. The van der Waals surface area contributed by atoms with Crippen LogP contribution in [0.15, 0.2) is 58.3 Å². The molecule has 0 fully saturated rings. The van der Waals surface area contributed by atoms with Gasteiger partial charge in [0, 0.05) is 9.79 Å². The molecule has 1 heterocycles. The molecule has 0 radical (unpaired) electrons. The Bertz CT molecular complexity index is 637. The second-order valence-corrected chi connectivity index (χ2v) is 4.99. The summed E-state index contributed by atoms with van der Waals surface area (Å²) in [6, 6.07) is 15.1. The Morgan fingerprint density at radius 1 is 0.833 bits per heavy atom. The number of imide groups is 1. The number of hydrogen-bond acceptors (Lipinski definition) is 3. The summed E-state index contributed by atoms with van der Waals surface area (Å²) < 4.78 is 0. The summed E-state index contributed by atoms with van der Waals surface area (Å²) in [5.41, 5.74) is 0.942. The summed E-state index contributed by atoms with van der Waals surface area (Å²) in [5, 5.41) is 2.32. The molecule has 18 heavy (non-hydrogen) atoms. The maximum atomic E-state index is 11.7. The standard InChI is InChI=1S/C14H9NO2S/c16-13-10-7-4-8-11(12(10)14(17)15-13)18-9-5-2-1-3-6-9/h1-8H,(H,15,16,17). The predicted molar refractivity (Wildman–Crippen MR) is 68.8 cm³/mol. The number of rotatable bonds is 2. The van der Waals surface area contributed by atoms with Crippen LogP contribution in [0.4, 0.5) is 0 Å². The number of benzene rings is 2. The molecule has 3 rings (SSSR count). The van der Waals surface area contributed by atoms with Crippen LogP contribution in [0.25, 0.3) is 0 Å². The van der Waals surface area contributed by atoms with E-state index in [1.165, 1.54) is 11.8 Å². The van der Waals surface area contributed by atoms with Gasteiger partial charge in [0.05, 0.1) is 11.1 Å². The maximum absolute atomic E-state index is 11.7. The lowest BCUT2D eigenvalue weighted by atomic mass is 10.1. The molecule has 0 aromatic heterocycles. The van der Waals surface area contributed by atoms with Gasteiger partial charge in [0.15, 0.2) is 0 Å². The lowest BCUT2D eigenvalue weighted by molar-refractivity contribution is 0.0879. The number of carbonyl (C=O) groups excluding carboxylic acids is 2. The van der Waals surface area contributed by atoms with Crippen LogP contribution in [0.2, 0.25) is 0 Å². The zero-order valence-electron chi connectivity index (χ0n) is 9.34. The van der Waals surface area contributed by atoms with E-state index in [0.717, 1.165) is 9.79 Å². The summed E-state index contributed by atoms with van der Waals surface area (Å²) in [7, 11) is 0. The third-order valence-electron chi connectivity index (χ3n) is 2.70. The lowest BCUT2D eigenvalue weighted by Crippen LogP contribution is -2.20. The first-order chi connectivity index (χ1) is 8.75. The molecule has 2 aromatic rings. The van der Waals surface area contributed by atoms with Crippen LogP contribution in [0.3, 0.4) is 0 Å². The van der Waals surface area contributed by atoms with Crippen molar-refractivity contribution in [3.8, 4) is 0 Å². The molecule has 2 amide bonds. The molecule has 0 bridgehead atoms. The summed E-state index contributed by atoms with van der Waals surface area (Å²) in [6.07, 6.45) is 0. The Balaban J connectivity index is 2.05. The average molecular weight is 255 g/mol. The smallest absolute Gasteiger partial charge is 0.260 e. The van der Waals surface area contributed by atoms with Crippen molar-refractivity contribution in [3.63, 3.8) is 0 Å². The summed E-state index contributed by atoms with van der Waals surface area (Å²) in [6.45, 7) is 0. The molecule has 0 saturated carbocycles. The number of fused-ring (bicyclic) bond motifs is 1. The van der Waals surface area contributed by atoms with E-state index in [1.54, 1.807) is 12.1 Å². The van der Waals surface area contributed by atoms with E-state index in [2.05, 4.69) is 5.32 Å². The van der Waals surface area contributed by atoms with Crippen LogP contribution < -0.4 is 5.32 Å². The zero-order chi connectivity index (χ0) is 12.5. The predicted octanol–water partition coefficient (Wildman–Crippen LogP) is 2.72. The normalized spacial score (nSPS) is 13.3. The Morgan fingerprint density at radius 2 is 1.61 bits per heavy atom. The highest BCUT2D eigenvalue weighted by atomic mass is 32.2. The van der Waals surface area contributed by atoms with Crippen molar-refractivity contribution in [2.24, 2.45) is 0 Å². The Morgan fingerprint density at radius 3 is 2.39 bits per heavy atom. The fourth-order valence-corrected chi connectivity index (χ4v) is 2.89. The molecular formula is C14H9NO2S. The minimum absolute atomic E-state index is 0.311. The SMILES string of the molecule is O=C1NC(=O)c2c(Sc3ccccc3)cccc21. The fraction of sp³-hybridized carbons (Fsp3) is 0. The van der Waals surface area contributed by atoms with E-state index in [1.807, 2.05) is 36.4 Å². The first-order valence-corrected chi connectivity index (χ1v) is 6.29. The maximum Gasteiger partial charge on any atom is 0.260 e. The molecule has 1 aliphatic heterocycles. The zero-order valence-corrected chi connectivity index (χ0v) is 10.2. The van der Waals surface area contributed by atoms with Crippen molar-refractivity contribution in [1.29, 1.82) is 0 Å². The molecule has 0 aliphatic carbocycles. The molecule has 0 atom stereocenters. The molecule has 88 valence electrons. The van der Waals surface area contributed by atoms with Gasteiger partial charge in [-0.2, -0.15) is 0 Å². The highest BCUT2D eigenvalue weighted by molar-refractivity contribution is 7.99. The van der Waals surface area contributed by atoms with Crippen molar-refractivity contribution in [3.05, 3.63) is 59.7 Å². The Hall–Kier alpha value is -2.07. The third kappa shape index (κ3) is 1.80. The van der Waals surface area contributed by atoms with Crippen LogP contribution in [0.1, 0.15) is 20.7 Å². The monoisotopic (exact) mass is 255 g/mol. The third-order valence-corrected chi connectivity index (χ3v) is 3.76. The van der Waals surface area contributed by atoms with Gasteiger partial charge >= 0.3 is 0 Å². The van der Waals surface area contributed by atoms with Crippen LogP contribution in [-0.2, 0) is 0 Å². The van der Waals surface area contributed by atoms with Gasteiger partial charge in [0.25, 0.3) is 11.8 Å². The number of nitrogens with one attached hydrogen (secondary N) is 1. The van der Waals surface area contributed by atoms with Crippen molar-refractivity contribution < 1.29 is 9.59 Å². The highest BCUT2D eigenvalue weighted by Gasteiger charge is 2.29. The van der Waals surface area contributed by atoms with E-state index >= 15 is 0 Å². The van der Waals surface area contributed by atoms with Crippen LogP contribution in [0.5, 0.6) is 0 Å². The topological polar surface area (TPSA) is 46.2 Å². The quantitative estimate of drug-likeness (QED) is 0.839. The molecule has 0 spiro atoms. The molecule has 0 unspecified atom stereocenters. The van der Waals surface area contributed by atoms with Crippen molar-refractivity contribution >= 4 is 23.6 Å². The average Bonchev–Trinajstić information content (AvgIpc) is 2.67. The van der Waals surface area contributed by atoms with E-state index < -0.39 is 0 Å². The molecule has 4 heteroatoms. The summed E-state index contributed by atoms with van der Waals surface area (Å²) in [5.74, 6) is -0.625. The Labute approximate surface area is 108 Å². The summed E-state index contributed by atoms with van der Waals surface area (Å²) in [4.78, 5) is 25.1. The largest absolute Gasteiger partial charge is 0.288 e. The van der Waals surface area contributed by atoms with Gasteiger partial charge in [-0.25, -0.2) is 0 Å². The van der Waals surface area contributed by atoms with Gasteiger partial charge < -0.3 is 0 Å². The number of hydrogen-bond donors (Lipinski definition) is 1. The van der Waals surface area contributed by atoms with Crippen LogP contribution in [0, 0.1) is 0 Å². The van der Waals surface area contributed by atoms with Gasteiger partial charge in [0.1, 0.15) is 0 Å². The molecule has 1 aliphatic rings. The lowest BCUT2D eigenvalue weighted by Gasteiger charge is -2.05. The Kier molecular flexibility index (Phi) is 2.64. The van der Waals surface area contributed by atoms with E-state index in [9.17, 15) is 9.59 Å². The summed E-state index contributed by atoms with van der Waals surface area (Å²) >= 11 is 1.49. The minimum Gasteiger partial charge on any atom is -0.288 e. The molecule has 2 aromatic carbocycles. The van der Waals surface area contributed by atoms with Crippen molar-refractivity contribution in [1.82, 2.24) is 5.32 Å². The van der Waals surface area contributed by atoms with E-state index in [4.69, 9.17) is 0 Å². The fourth-order valence-electron chi connectivity index (χ4n) is 1.89. The molecular weight excluding hydrogens is 246 g/mol. The number of amides is 2. The van der Waals surface area contributed by atoms with Gasteiger partial charge in [-0.3, -0.25) is 14.9 Å². The van der Waals surface area contributed by atoms with Crippen molar-refractivity contribution in [2.45, 2.75) is 9.79 Å². The van der Waals surface area contributed by atoms with Crippen molar-refractivity contribution in [2.75, 3.05) is 0 Å². The van der Waals surface area contributed by atoms with Crippen LogP contribution in [-0.4, -0.2) is 11.8 Å². The first kappa shape index (κ1) is 11.0. The van der Waals surface area contributed by atoms with Crippen LogP contribution >= 0.6 is 11.8 Å². The first-order valence-electron chi connectivity index (χ1n) is 5.47. The van der Waals surface area contributed by atoms with Gasteiger partial charge in [-0.05, 0) is 24.3 Å². The molecule has 1 N–H and O–H groups in total.